The fraction of sp³-hybridized carbons (Fsp3) is 0.263. The van der Waals surface area contributed by atoms with Crippen LogP contribution in [-0.4, -0.2) is 31.2 Å². The van der Waals surface area contributed by atoms with Crippen molar-refractivity contribution in [3.8, 4) is 11.5 Å². The zero-order valence-electron chi connectivity index (χ0n) is 14.8. The quantitative estimate of drug-likeness (QED) is 0.639. The van der Waals surface area contributed by atoms with Crippen LogP contribution in [-0.2, 0) is 10.5 Å². The number of hydrogen-bond donors (Lipinski definition) is 1. The Labute approximate surface area is 160 Å². The fourth-order valence-electron chi connectivity index (χ4n) is 2.28. The molecule has 0 radical (unpaired) electrons. The lowest BCUT2D eigenvalue weighted by molar-refractivity contribution is -0.113. The number of rotatable bonds is 9. The van der Waals surface area contributed by atoms with Gasteiger partial charge in [0.25, 0.3) is 0 Å². The third kappa shape index (κ3) is 6.56. The Morgan fingerprint density at radius 2 is 1.85 bits per heavy atom. The molecule has 8 heteroatoms. The van der Waals surface area contributed by atoms with E-state index in [1.807, 2.05) is 0 Å². The summed E-state index contributed by atoms with van der Waals surface area (Å²) < 4.78 is 33.8. The van der Waals surface area contributed by atoms with Crippen molar-refractivity contribution in [1.29, 1.82) is 0 Å². The van der Waals surface area contributed by atoms with Crippen LogP contribution in [0.5, 0.6) is 11.5 Å². The second kappa shape index (κ2) is 9.91. The largest absolute Gasteiger partial charge is 0.496 e. The predicted molar refractivity (Wildman–Crippen MR) is 101 cm³/mol. The number of Topliss-reactive ketones (excluding diaryl/α,β-unsaturated/α-hetero) is 1. The number of thioether (sulfide) groups is 1. The van der Waals surface area contributed by atoms with Crippen molar-refractivity contribution >= 4 is 29.1 Å². The monoisotopic (exact) mass is 395 g/mol. The van der Waals surface area contributed by atoms with Crippen LogP contribution in [0.25, 0.3) is 0 Å². The Kier molecular flexibility index (Phi) is 7.60. The van der Waals surface area contributed by atoms with Gasteiger partial charge in [0, 0.05) is 22.6 Å². The maximum Gasteiger partial charge on any atom is 0.387 e. The first-order chi connectivity index (χ1) is 12.9. The van der Waals surface area contributed by atoms with Gasteiger partial charge < -0.3 is 14.8 Å². The summed E-state index contributed by atoms with van der Waals surface area (Å²) >= 11 is 1.37. The minimum Gasteiger partial charge on any atom is -0.496 e. The van der Waals surface area contributed by atoms with Crippen LogP contribution in [0.1, 0.15) is 22.8 Å². The maximum atomic E-state index is 12.1. The van der Waals surface area contributed by atoms with E-state index in [4.69, 9.17) is 4.74 Å². The minimum atomic E-state index is -2.89. The van der Waals surface area contributed by atoms with Gasteiger partial charge in [-0.3, -0.25) is 9.59 Å². The van der Waals surface area contributed by atoms with Crippen LogP contribution in [0, 0.1) is 0 Å². The van der Waals surface area contributed by atoms with Gasteiger partial charge in [-0.1, -0.05) is 0 Å². The first-order valence-electron chi connectivity index (χ1n) is 7.99. The molecule has 2 aromatic carbocycles. The van der Waals surface area contributed by atoms with E-state index in [9.17, 15) is 18.4 Å². The first-order valence-corrected chi connectivity index (χ1v) is 9.15. The van der Waals surface area contributed by atoms with Gasteiger partial charge >= 0.3 is 6.61 Å². The zero-order valence-corrected chi connectivity index (χ0v) is 15.6. The molecule has 1 amide bonds. The fourth-order valence-corrected chi connectivity index (χ4v) is 3.09. The van der Waals surface area contributed by atoms with Crippen molar-refractivity contribution in [2.24, 2.45) is 0 Å². The van der Waals surface area contributed by atoms with Gasteiger partial charge in [-0.15, -0.1) is 11.8 Å². The first kappa shape index (κ1) is 20.7. The molecule has 1 N–H and O–H groups in total. The molecule has 0 atom stereocenters. The van der Waals surface area contributed by atoms with Gasteiger partial charge in [-0.05, 0) is 49.4 Å². The highest BCUT2D eigenvalue weighted by molar-refractivity contribution is 7.99. The van der Waals surface area contributed by atoms with Gasteiger partial charge in [0.15, 0.2) is 5.78 Å². The summed E-state index contributed by atoms with van der Waals surface area (Å²) in [6, 6.07) is 10.9. The van der Waals surface area contributed by atoms with E-state index < -0.39 is 6.61 Å². The van der Waals surface area contributed by atoms with E-state index in [2.05, 4.69) is 10.1 Å². The number of nitrogens with one attached hydrogen (secondary N) is 1. The number of anilines is 1. The Bertz CT molecular complexity index is 797. The standard InChI is InChI=1S/C19H19F2NO4S/c1-12(23)13-3-8-17(25-2)14(9-13)10-27-11-18(24)22-15-4-6-16(7-5-15)26-19(20)21/h3-9,19H,10-11H2,1-2H3,(H,22,24). The summed E-state index contributed by atoms with van der Waals surface area (Å²) in [6.07, 6.45) is 0. The lowest BCUT2D eigenvalue weighted by Gasteiger charge is -2.10. The van der Waals surface area contributed by atoms with E-state index in [0.29, 0.717) is 22.8 Å². The topological polar surface area (TPSA) is 64.6 Å². The summed E-state index contributed by atoms with van der Waals surface area (Å²) in [6.45, 7) is -1.40. The molecule has 27 heavy (non-hydrogen) atoms. The molecule has 0 bridgehead atoms. The molecular weight excluding hydrogens is 376 g/mol. The average Bonchev–Trinajstić information content (AvgIpc) is 2.62. The number of hydrogen-bond acceptors (Lipinski definition) is 5. The maximum absolute atomic E-state index is 12.1. The van der Waals surface area contributed by atoms with E-state index in [1.54, 1.807) is 25.3 Å². The van der Waals surface area contributed by atoms with Crippen LogP contribution >= 0.6 is 11.8 Å². The molecule has 0 spiro atoms. The predicted octanol–water partition coefficient (Wildman–Crippen LogP) is 4.37. The normalized spacial score (nSPS) is 10.6. The minimum absolute atomic E-state index is 0.0230. The molecule has 0 aliphatic rings. The Morgan fingerprint density at radius 3 is 2.44 bits per heavy atom. The molecule has 144 valence electrons. The number of ketones is 1. The number of amides is 1. The van der Waals surface area contributed by atoms with E-state index in [-0.39, 0.29) is 23.2 Å². The second-order valence-corrected chi connectivity index (χ2v) is 6.51. The van der Waals surface area contributed by atoms with Crippen LogP contribution in [0.2, 0.25) is 0 Å². The number of methoxy groups -OCH3 is 1. The smallest absolute Gasteiger partial charge is 0.387 e. The molecule has 2 aromatic rings. The van der Waals surface area contributed by atoms with Gasteiger partial charge in [0.2, 0.25) is 5.91 Å². The van der Waals surface area contributed by atoms with Gasteiger partial charge in [0.05, 0.1) is 12.9 Å². The molecule has 0 heterocycles. The highest BCUT2D eigenvalue weighted by Crippen LogP contribution is 2.25. The van der Waals surface area contributed by atoms with E-state index >= 15 is 0 Å². The zero-order chi connectivity index (χ0) is 19.8. The molecule has 0 unspecified atom stereocenters. The molecule has 0 fully saturated rings. The van der Waals surface area contributed by atoms with Crippen molar-refractivity contribution in [2.75, 3.05) is 18.2 Å². The second-order valence-electron chi connectivity index (χ2n) is 5.53. The van der Waals surface area contributed by atoms with Crippen molar-refractivity contribution in [2.45, 2.75) is 19.3 Å². The van der Waals surface area contributed by atoms with Gasteiger partial charge in [-0.2, -0.15) is 8.78 Å². The molecule has 2 rings (SSSR count). The van der Waals surface area contributed by atoms with Crippen molar-refractivity contribution in [1.82, 2.24) is 0 Å². The number of alkyl halides is 2. The Morgan fingerprint density at radius 1 is 1.15 bits per heavy atom. The van der Waals surface area contributed by atoms with Crippen LogP contribution < -0.4 is 14.8 Å². The Balaban J connectivity index is 1.87. The molecule has 0 aliphatic carbocycles. The number of carbonyl (C=O) groups is 2. The van der Waals surface area contributed by atoms with Crippen molar-refractivity contribution < 1.29 is 27.8 Å². The molecule has 0 saturated heterocycles. The van der Waals surface area contributed by atoms with Crippen LogP contribution in [0.15, 0.2) is 42.5 Å². The molecule has 0 saturated carbocycles. The number of carbonyl (C=O) groups excluding carboxylic acids is 2. The van der Waals surface area contributed by atoms with Crippen LogP contribution in [0.3, 0.4) is 0 Å². The third-order valence-electron chi connectivity index (χ3n) is 3.54. The summed E-state index contributed by atoms with van der Waals surface area (Å²) in [5, 5.41) is 2.68. The van der Waals surface area contributed by atoms with E-state index in [1.165, 1.54) is 43.0 Å². The summed E-state index contributed by atoms with van der Waals surface area (Å²) in [7, 11) is 1.55. The van der Waals surface area contributed by atoms with Crippen LogP contribution in [0.4, 0.5) is 14.5 Å². The van der Waals surface area contributed by atoms with Gasteiger partial charge in [-0.25, -0.2) is 0 Å². The van der Waals surface area contributed by atoms with Gasteiger partial charge in [0.1, 0.15) is 11.5 Å². The van der Waals surface area contributed by atoms with Crippen molar-refractivity contribution in [3.63, 3.8) is 0 Å². The summed E-state index contributed by atoms with van der Waals surface area (Å²) in [4.78, 5) is 23.5. The number of ether oxygens (including phenoxy) is 2. The lowest BCUT2D eigenvalue weighted by Crippen LogP contribution is -2.14. The Hall–Kier alpha value is -2.61. The summed E-state index contributed by atoms with van der Waals surface area (Å²) in [5.74, 6) is 1.09. The molecule has 0 aliphatic heterocycles. The number of halogens is 2. The molecular formula is C19H19F2NO4S. The highest BCUT2D eigenvalue weighted by Gasteiger charge is 2.10. The SMILES string of the molecule is COc1ccc(C(C)=O)cc1CSCC(=O)Nc1ccc(OC(F)F)cc1. The number of benzene rings is 2. The summed E-state index contributed by atoms with van der Waals surface area (Å²) in [5.41, 5.74) is 1.90. The molecule has 0 aromatic heterocycles. The molecule has 5 nitrogen and oxygen atoms in total. The van der Waals surface area contributed by atoms with E-state index in [0.717, 1.165) is 5.56 Å². The van der Waals surface area contributed by atoms with Crippen molar-refractivity contribution in [3.05, 3.63) is 53.6 Å². The third-order valence-corrected chi connectivity index (χ3v) is 4.52. The average molecular weight is 395 g/mol. The highest BCUT2D eigenvalue weighted by atomic mass is 32.2. The lowest BCUT2D eigenvalue weighted by atomic mass is 10.1.